The van der Waals surface area contributed by atoms with Crippen LogP contribution in [0.1, 0.15) is 5.69 Å². The lowest BCUT2D eigenvalue weighted by Crippen LogP contribution is -2.28. The van der Waals surface area contributed by atoms with Gasteiger partial charge in [-0.15, -0.1) is 13.2 Å². The number of aryl methyl sites for hydroxylation is 1. The maximum Gasteiger partial charge on any atom is 0.573 e. The van der Waals surface area contributed by atoms with Crippen LogP contribution < -0.4 is 8.92 Å². The minimum atomic E-state index is -5.90. The number of nitrogens with zero attached hydrogens (tertiary/aromatic N) is 1. The molecule has 0 saturated heterocycles. The predicted molar refractivity (Wildman–Crippen MR) is 76.7 cm³/mol. The van der Waals surface area contributed by atoms with Crippen LogP contribution in [-0.4, -0.2) is 25.3 Å². The standard InChI is InChI=1S/C14H9F6NO4S/c1-8-6-10(7-12(21-8)25-26(22,23)14(18,19)20)9-2-4-11(5-3-9)24-13(15,16)17/h2-7H,1H3. The Morgan fingerprint density at radius 3 is 2.00 bits per heavy atom. The topological polar surface area (TPSA) is 65.5 Å². The van der Waals surface area contributed by atoms with Crippen molar-refractivity contribution in [1.82, 2.24) is 4.98 Å². The molecule has 5 nitrogen and oxygen atoms in total. The van der Waals surface area contributed by atoms with E-state index in [1.165, 1.54) is 25.1 Å². The summed E-state index contributed by atoms with van der Waals surface area (Å²) in [7, 11) is -5.90. The number of rotatable bonds is 4. The van der Waals surface area contributed by atoms with Gasteiger partial charge in [0, 0.05) is 11.8 Å². The Balaban J connectivity index is 2.33. The van der Waals surface area contributed by atoms with E-state index in [2.05, 4.69) is 13.9 Å². The maximum absolute atomic E-state index is 12.4. The summed E-state index contributed by atoms with van der Waals surface area (Å²) in [5.41, 5.74) is -5.04. The molecule has 0 spiro atoms. The van der Waals surface area contributed by atoms with E-state index in [1.807, 2.05) is 0 Å². The van der Waals surface area contributed by atoms with E-state index >= 15 is 0 Å². The highest BCUT2D eigenvalue weighted by Crippen LogP contribution is 2.30. The third-order valence-corrected chi connectivity index (χ3v) is 3.79. The predicted octanol–water partition coefficient (Wildman–Crippen LogP) is 4.18. The van der Waals surface area contributed by atoms with E-state index in [-0.39, 0.29) is 16.8 Å². The average Bonchev–Trinajstić information content (AvgIpc) is 2.44. The Bertz CT molecular complexity index is 891. The summed E-state index contributed by atoms with van der Waals surface area (Å²) < 4.78 is 103. The van der Waals surface area contributed by atoms with Crippen LogP contribution in [0.3, 0.4) is 0 Å². The van der Waals surface area contributed by atoms with Gasteiger partial charge >= 0.3 is 22.0 Å². The molecule has 0 fully saturated rings. The molecule has 2 rings (SSSR count). The molecule has 0 saturated carbocycles. The first-order valence-corrected chi connectivity index (χ1v) is 8.03. The zero-order chi connectivity index (χ0) is 19.8. The van der Waals surface area contributed by atoms with Crippen LogP contribution in [0.5, 0.6) is 11.6 Å². The highest BCUT2D eigenvalue weighted by molar-refractivity contribution is 7.87. The SMILES string of the molecule is Cc1cc(-c2ccc(OC(F)(F)F)cc2)cc(OS(=O)(=O)C(F)(F)F)n1. The van der Waals surface area contributed by atoms with Gasteiger partial charge in [0.25, 0.3) is 0 Å². The number of ether oxygens (including phenoxy) is 1. The summed E-state index contributed by atoms with van der Waals surface area (Å²) in [5.74, 6) is -1.32. The fraction of sp³-hybridized carbons (Fsp3) is 0.214. The Morgan fingerprint density at radius 1 is 0.923 bits per heavy atom. The highest BCUT2D eigenvalue weighted by Gasteiger charge is 2.48. The minimum Gasteiger partial charge on any atom is -0.406 e. The fourth-order valence-corrected chi connectivity index (χ4v) is 2.26. The van der Waals surface area contributed by atoms with Crippen LogP contribution in [0, 0.1) is 6.92 Å². The molecule has 0 aliphatic rings. The summed E-state index contributed by atoms with van der Waals surface area (Å²) in [6.07, 6.45) is -4.87. The molecule has 0 amide bonds. The Kier molecular flexibility index (Phi) is 5.08. The van der Waals surface area contributed by atoms with Gasteiger partial charge in [0.05, 0.1) is 0 Å². The van der Waals surface area contributed by atoms with Crippen molar-refractivity contribution < 1.29 is 43.7 Å². The van der Waals surface area contributed by atoms with Gasteiger partial charge < -0.3 is 8.92 Å². The molecule has 12 heteroatoms. The summed E-state index contributed by atoms with van der Waals surface area (Å²) >= 11 is 0. The largest absolute Gasteiger partial charge is 0.573 e. The molecule has 0 aliphatic carbocycles. The minimum absolute atomic E-state index is 0.130. The summed E-state index contributed by atoms with van der Waals surface area (Å²) in [6, 6.07) is 6.69. The Morgan fingerprint density at radius 2 is 1.50 bits per heavy atom. The van der Waals surface area contributed by atoms with Crippen LogP contribution >= 0.6 is 0 Å². The Labute approximate surface area is 143 Å². The van der Waals surface area contributed by atoms with Crippen molar-refractivity contribution in [3.63, 3.8) is 0 Å². The average molecular weight is 401 g/mol. The number of hydrogen-bond acceptors (Lipinski definition) is 5. The van der Waals surface area contributed by atoms with E-state index in [4.69, 9.17) is 0 Å². The van der Waals surface area contributed by atoms with Crippen molar-refractivity contribution in [2.45, 2.75) is 18.8 Å². The number of alkyl halides is 6. The molecule has 0 aliphatic heterocycles. The molecule has 2 aromatic rings. The van der Waals surface area contributed by atoms with Crippen molar-refractivity contribution in [2.75, 3.05) is 0 Å². The first-order chi connectivity index (χ1) is 11.8. The Hall–Kier alpha value is -2.50. The zero-order valence-electron chi connectivity index (χ0n) is 12.7. The zero-order valence-corrected chi connectivity index (χ0v) is 13.5. The van der Waals surface area contributed by atoms with Gasteiger partial charge in [-0.2, -0.15) is 21.6 Å². The summed E-state index contributed by atoms with van der Waals surface area (Å²) in [6.45, 7) is 1.37. The van der Waals surface area contributed by atoms with Crippen LogP contribution in [0.2, 0.25) is 0 Å². The lowest BCUT2D eigenvalue weighted by Gasteiger charge is -2.11. The molecule has 0 N–H and O–H groups in total. The van der Waals surface area contributed by atoms with Crippen molar-refractivity contribution in [2.24, 2.45) is 0 Å². The van der Waals surface area contributed by atoms with E-state index in [1.54, 1.807) is 0 Å². The van der Waals surface area contributed by atoms with Crippen molar-refractivity contribution in [3.05, 3.63) is 42.1 Å². The monoisotopic (exact) mass is 401 g/mol. The molecule has 0 unspecified atom stereocenters. The summed E-state index contributed by atoms with van der Waals surface area (Å²) in [5, 5.41) is 0. The molecule has 0 atom stereocenters. The second-order valence-electron chi connectivity index (χ2n) is 4.89. The second kappa shape index (κ2) is 6.67. The third kappa shape index (κ3) is 5.00. The molecule has 0 bridgehead atoms. The molecule has 1 aromatic carbocycles. The fourth-order valence-electron chi connectivity index (χ4n) is 1.86. The van der Waals surface area contributed by atoms with E-state index in [9.17, 15) is 34.8 Å². The van der Waals surface area contributed by atoms with Gasteiger partial charge in [-0.1, -0.05) is 12.1 Å². The smallest absolute Gasteiger partial charge is 0.406 e. The molecular formula is C14H9F6NO4S. The van der Waals surface area contributed by atoms with E-state index < -0.39 is 33.6 Å². The van der Waals surface area contributed by atoms with Gasteiger partial charge in [-0.25, -0.2) is 4.98 Å². The second-order valence-corrected chi connectivity index (χ2v) is 6.43. The maximum atomic E-state index is 12.4. The number of benzene rings is 1. The van der Waals surface area contributed by atoms with Gasteiger partial charge in [0.15, 0.2) is 0 Å². The third-order valence-electron chi connectivity index (χ3n) is 2.83. The number of hydrogen-bond donors (Lipinski definition) is 0. The highest BCUT2D eigenvalue weighted by atomic mass is 32.2. The van der Waals surface area contributed by atoms with Crippen LogP contribution in [-0.2, 0) is 10.1 Å². The number of pyridine rings is 1. The van der Waals surface area contributed by atoms with E-state index in [0.717, 1.165) is 18.2 Å². The van der Waals surface area contributed by atoms with Crippen molar-refractivity contribution in [3.8, 4) is 22.8 Å². The van der Waals surface area contributed by atoms with Crippen LogP contribution in [0.15, 0.2) is 36.4 Å². The van der Waals surface area contributed by atoms with E-state index in [0.29, 0.717) is 0 Å². The summed E-state index contributed by atoms with van der Waals surface area (Å²) in [4.78, 5) is 3.55. The lowest BCUT2D eigenvalue weighted by atomic mass is 10.1. The molecule has 0 radical (unpaired) electrons. The normalized spacial score (nSPS) is 12.7. The molecular weight excluding hydrogens is 392 g/mol. The quantitative estimate of drug-likeness (QED) is 0.437. The van der Waals surface area contributed by atoms with Gasteiger partial charge in [-0.05, 0) is 36.2 Å². The molecule has 1 heterocycles. The first kappa shape index (κ1) is 19.8. The number of halogens is 6. The van der Waals surface area contributed by atoms with Crippen molar-refractivity contribution in [1.29, 1.82) is 0 Å². The van der Waals surface area contributed by atoms with Gasteiger partial charge in [0.1, 0.15) is 5.75 Å². The van der Waals surface area contributed by atoms with Gasteiger partial charge in [0.2, 0.25) is 5.88 Å². The number of aromatic nitrogens is 1. The molecule has 1 aromatic heterocycles. The first-order valence-electron chi connectivity index (χ1n) is 6.62. The van der Waals surface area contributed by atoms with Crippen LogP contribution in [0.4, 0.5) is 26.3 Å². The lowest BCUT2D eigenvalue weighted by molar-refractivity contribution is -0.274. The van der Waals surface area contributed by atoms with Crippen molar-refractivity contribution >= 4 is 10.1 Å². The molecule has 26 heavy (non-hydrogen) atoms. The van der Waals surface area contributed by atoms with Gasteiger partial charge in [-0.3, -0.25) is 0 Å². The molecule has 142 valence electrons. The van der Waals surface area contributed by atoms with Crippen LogP contribution in [0.25, 0.3) is 11.1 Å².